The average molecular weight is 199 g/mol. The number of thioether (sulfide) groups is 1. The van der Waals surface area contributed by atoms with Crippen LogP contribution in [-0.2, 0) is 0 Å². The Morgan fingerprint density at radius 3 is 2.85 bits per heavy atom. The first-order chi connectivity index (χ1) is 6.45. The van der Waals surface area contributed by atoms with Crippen LogP contribution in [0.5, 0.6) is 0 Å². The predicted molar refractivity (Wildman–Crippen MR) is 58.4 cm³/mol. The lowest BCUT2D eigenvalue weighted by atomic mass is 10.0. The van der Waals surface area contributed by atoms with Crippen molar-refractivity contribution in [3.05, 3.63) is 0 Å². The molecule has 0 aromatic carbocycles. The first-order valence-electron chi connectivity index (χ1n) is 5.07. The van der Waals surface area contributed by atoms with E-state index < -0.39 is 0 Å². The molecule has 1 fully saturated rings. The van der Waals surface area contributed by atoms with E-state index in [1.165, 1.54) is 36.9 Å². The molecule has 0 unspecified atom stereocenters. The minimum atomic E-state index is 0.899. The molecule has 0 spiro atoms. The summed E-state index contributed by atoms with van der Waals surface area (Å²) >= 11 is 1.90. The van der Waals surface area contributed by atoms with Gasteiger partial charge in [0.1, 0.15) is 0 Å². The van der Waals surface area contributed by atoms with Gasteiger partial charge in [0.05, 0.1) is 6.54 Å². The summed E-state index contributed by atoms with van der Waals surface area (Å²) in [5.74, 6) is 2.14. The summed E-state index contributed by atoms with van der Waals surface area (Å²) in [5, 5.41) is 7.85. The summed E-state index contributed by atoms with van der Waals surface area (Å²) in [6.45, 7) is 4.40. The van der Waals surface area contributed by atoms with Crippen molar-refractivity contribution in [3.8, 4) is 0 Å². The lowest BCUT2D eigenvalue weighted by Gasteiger charge is -2.21. The standard InChI is InChI=1S/C9H17N3S/c1-3-10-4-2-8(1)7-13-9-11-5-6-12-9/h8,10H,1-7H2,(H,11,12). The maximum absolute atomic E-state index is 4.37. The van der Waals surface area contributed by atoms with Crippen molar-refractivity contribution in [2.45, 2.75) is 12.8 Å². The maximum Gasteiger partial charge on any atom is 0.156 e. The summed E-state index contributed by atoms with van der Waals surface area (Å²) in [6.07, 6.45) is 2.67. The number of rotatable bonds is 2. The highest BCUT2D eigenvalue weighted by molar-refractivity contribution is 8.13. The molecule has 0 aliphatic carbocycles. The summed E-state index contributed by atoms with van der Waals surface area (Å²) in [5.41, 5.74) is 0. The van der Waals surface area contributed by atoms with Crippen molar-refractivity contribution < 1.29 is 0 Å². The topological polar surface area (TPSA) is 36.4 Å². The Kier molecular flexibility index (Phi) is 3.49. The first-order valence-corrected chi connectivity index (χ1v) is 6.05. The molecule has 0 bridgehead atoms. The second-order valence-corrected chi connectivity index (χ2v) is 4.63. The van der Waals surface area contributed by atoms with Gasteiger partial charge >= 0.3 is 0 Å². The zero-order valence-corrected chi connectivity index (χ0v) is 8.70. The van der Waals surface area contributed by atoms with Crippen molar-refractivity contribution in [1.82, 2.24) is 10.6 Å². The van der Waals surface area contributed by atoms with Gasteiger partial charge in [0.25, 0.3) is 0 Å². The van der Waals surface area contributed by atoms with Crippen LogP contribution < -0.4 is 10.6 Å². The Hall–Kier alpha value is -0.220. The normalized spacial score (nSPS) is 24.2. The second-order valence-electron chi connectivity index (χ2n) is 3.62. The van der Waals surface area contributed by atoms with E-state index in [1.807, 2.05) is 11.8 Å². The zero-order valence-electron chi connectivity index (χ0n) is 7.88. The summed E-state index contributed by atoms with van der Waals surface area (Å²) in [4.78, 5) is 4.37. The third-order valence-electron chi connectivity index (χ3n) is 2.56. The molecule has 2 N–H and O–H groups in total. The molecule has 74 valence electrons. The van der Waals surface area contributed by atoms with Crippen molar-refractivity contribution >= 4 is 16.9 Å². The van der Waals surface area contributed by atoms with Gasteiger partial charge in [-0.3, -0.25) is 4.99 Å². The molecule has 4 heteroatoms. The highest BCUT2D eigenvalue weighted by atomic mass is 32.2. The molecule has 0 aromatic rings. The van der Waals surface area contributed by atoms with E-state index in [2.05, 4.69) is 15.6 Å². The molecule has 0 atom stereocenters. The van der Waals surface area contributed by atoms with Crippen LogP contribution in [0.15, 0.2) is 4.99 Å². The van der Waals surface area contributed by atoms with Crippen LogP contribution in [0.4, 0.5) is 0 Å². The largest absolute Gasteiger partial charge is 0.363 e. The van der Waals surface area contributed by atoms with E-state index in [0.717, 1.165) is 19.0 Å². The van der Waals surface area contributed by atoms with Gasteiger partial charge in [0.15, 0.2) is 5.17 Å². The van der Waals surface area contributed by atoms with Gasteiger partial charge in [-0.1, -0.05) is 11.8 Å². The molecule has 0 saturated carbocycles. The SMILES string of the molecule is C1CNC(SCC2CCNCC2)=N1. The molecule has 3 nitrogen and oxygen atoms in total. The zero-order chi connectivity index (χ0) is 8.93. The fourth-order valence-electron chi connectivity index (χ4n) is 1.72. The molecule has 0 radical (unpaired) electrons. The Labute approximate surface area is 83.8 Å². The monoisotopic (exact) mass is 199 g/mol. The maximum atomic E-state index is 4.37. The Morgan fingerprint density at radius 1 is 1.31 bits per heavy atom. The van der Waals surface area contributed by atoms with Gasteiger partial charge in [0, 0.05) is 12.3 Å². The molecule has 0 amide bonds. The smallest absolute Gasteiger partial charge is 0.156 e. The van der Waals surface area contributed by atoms with E-state index in [4.69, 9.17) is 0 Å². The fraction of sp³-hybridized carbons (Fsp3) is 0.889. The minimum Gasteiger partial charge on any atom is -0.363 e. The van der Waals surface area contributed by atoms with E-state index in [0.29, 0.717) is 0 Å². The number of piperidine rings is 1. The Morgan fingerprint density at radius 2 is 2.15 bits per heavy atom. The highest BCUT2D eigenvalue weighted by Crippen LogP contribution is 2.18. The van der Waals surface area contributed by atoms with Crippen LogP contribution in [0.3, 0.4) is 0 Å². The summed E-state index contributed by atoms with van der Waals surface area (Å²) in [6, 6.07) is 0. The summed E-state index contributed by atoms with van der Waals surface area (Å²) in [7, 11) is 0. The van der Waals surface area contributed by atoms with Crippen LogP contribution in [0.1, 0.15) is 12.8 Å². The van der Waals surface area contributed by atoms with Gasteiger partial charge in [-0.25, -0.2) is 0 Å². The molecule has 2 aliphatic heterocycles. The molecule has 2 aliphatic rings. The van der Waals surface area contributed by atoms with Crippen LogP contribution in [-0.4, -0.2) is 37.1 Å². The van der Waals surface area contributed by atoms with Crippen molar-refractivity contribution in [3.63, 3.8) is 0 Å². The number of nitrogens with one attached hydrogen (secondary N) is 2. The first kappa shape index (κ1) is 9.34. The van der Waals surface area contributed by atoms with Gasteiger partial charge in [-0.15, -0.1) is 0 Å². The van der Waals surface area contributed by atoms with Gasteiger partial charge in [0.2, 0.25) is 0 Å². The third kappa shape index (κ3) is 2.88. The van der Waals surface area contributed by atoms with Crippen LogP contribution in [0.2, 0.25) is 0 Å². The number of amidine groups is 1. The van der Waals surface area contributed by atoms with Crippen LogP contribution in [0.25, 0.3) is 0 Å². The molecule has 2 heterocycles. The van der Waals surface area contributed by atoms with E-state index in [9.17, 15) is 0 Å². The molecular formula is C9H17N3S. The van der Waals surface area contributed by atoms with E-state index in [-0.39, 0.29) is 0 Å². The van der Waals surface area contributed by atoms with E-state index >= 15 is 0 Å². The molecule has 1 saturated heterocycles. The van der Waals surface area contributed by atoms with E-state index in [1.54, 1.807) is 0 Å². The fourth-order valence-corrected chi connectivity index (χ4v) is 2.83. The molecule has 13 heavy (non-hydrogen) atoms. The number of hydrogen-bond acceptors (Lipinski definition) is 4. The third-order valence-corrected chi connectivity index (χ3v) is 3.74. The van der Waals surface area contributed by atoms with Gasteiger partial charge < -0.3 is 10.6 Å². The van der Waals surface area contributed by atoms with Crippen LogP contribution >= 0.6 is 11.8 Å². The van der Waals surface area contributed by atoms with Gasteiger partial charge in [-0.05, 0) is 31.8 Å². The van der Waals surface area contributed by atoms with Gasteiger partial charge in [-0.2, -0.15) is 0 Å². The van der Waals surface area contributed by atoms with Crippen molar-refractivity contribution in [1.29, 1.82) is 0 Å². The van der Waals surface area contributed by atoms with Crippen molar-refractivity contribution in [2.24, 2.45) is 10.9 Å². The quantitative estimate of drug-likeness (QED) is 0.686. The predicted octanol–water partition coefficient (Wildman–Crippen LogP) is 0.678. The van der Waals surface area contributed by atoms with Crippen molar-refractivity contribution in [2.75, 3.05) is 31.9 Å². The highest BCUT2D eigenvalue weighted by Gasteiger charge is 2.14. The minimum absolute atomic E-state index is 0.899. The second kappa shape index (κ2) is 4.86. The average Bonchev–Trinajstić information content (AvgIpc) is 2.69. The lowest BCUT2D eigenvalue weighted by molar-refractivity contribution is 0.408. The summed E-state index contributed by atoms with van der Waals surface area (Å²) < 4.78 is 0. The number of hydrogen-bond donors (Lipinski definition) is 2. The number of nitrogens with zero attached hydrogens (tertiary/aromatic N) is 1. The number of aliphatic imine (C=N–C) groups is 1. The molecule has 2 rings (SSSR count). The Bertz CT molecular complexity index is 187. The van der Waals surface area contributed by atoms with Crippen LogP contribution in [0, 0.1) is 5.92 Å². The Balaban J connectivity index is 1.66. The molecule has 0 aromatic heterocycles. The molecular weight excluding hydrogens is 182 g/mol. The lowest BCUT2D eigenvalue weighted by Crippen LogP contribution is -2.29.